The van der Waals surface area contributed by atoms with Gasteiger partial charge in [-0.05, 0) is 18.4 Å². The predicted molar refractivity (Wildman–Crippen MR) is 66.8 cm³/mol. The maximum Gasteiger partial charge on any atom is 0.224 e. The van der Waals surface area contributed by atoms with E-state index in [1.54, 1.807) is 0 Å². The van der Waals surface area contributed by atoms with Crippen molar-refractivity contribution in [3.8, 4) is 5.75 Å². The largest absolute Gasteiger partial charge is 0.486 e. The number of nitrogen functional groups attached to an aromatic ring is 1. The summed E-state index contributed by atoms with van der Waals surface area (Å²) in [5.74, 6) is 1.53. The lowest BCUT2D eigenvalue weighted by atomic mass is 10.3. The standard InChI is InChI=1S/C11H12N4OS/c1-17-11-14-9(13-10(12)15-11)7-16-8-5-3-2-4-6-8/h2-6H,7H2,1H3,(H2,12,13,14,15). The summed E-state index contributed by atoms with van der Waals surface area (Å²) in [5, 5.41) is 0.601. The maximum atomic E-state index is 5.57. The number of hydrogen-bond acceptors (Lipinski definition) is 6. The number of ether oxygens (including phenoxy) is 1. The normalized spacial score (nSPS) is 10.2. The summed E-state index contributed by atoms with van der Waals surface area (Å²) in [6.07, 6.45) is 1.89. The van der Waals surface area contributed by atoms with E-state index in [9.17, 15) is 0 Å². The summed E-state index contributed by atoms with van der Waals surface area (Å²) in [4.78, 5) is 12.2. The lowest BCUT2D eigenvalue weighted by molar-refractivity contribution is 0.294. The van der Waals surface area contributed by atoms with Crippen LogP contribution in [0.4, 0.5) is 5.95 Å². The van der Waals surface area contributed by atoms with E-state index in [2.05, 4.69) is 15.0 Å². The van der Waals surface area contributed by atoms with Crippen molar-refractivity contribution in [1.29, 1.82) is 0 Å². The van der Waals surface area contributed by atoms with E-state index in [-0.39, 0.29) is 12.6 Å². The number of nitrogens with zero attached hydrogens (tertiary/aromatic N) is 3. The van der Waals surface area contributed by atoms with Crippen molar-refractivity contribution in [2.75, 3.05) is 12.0 Å². The van der Waals surface area contributed by atoms with Crippen LogP contribution in [0.2, 0.25) is 0 Å². The number of hydrogen-bond donors (Lipinski definition) is 1. The molecule has 0 radical (unpaired) electrons. The second-order valence-electron chi connectivity index (χ2n) is 3.20. The van der Waals surface area contributed by atoms with Gasteiger partial charge in [-0.2, -0.15) is 9.97 Å². The van der Waals surface area contributed by atoms with E-state index in [1.165, 1.54) is 11.8 Å². The summed E-state index contributed by atoms with van der Waals surface area (Å²) in [6, 6.07) is 9.49. The summed E-state index contributed by atoms with van der Waals surface area (Å²) < 4.78 is 5.53. The number of thioether (sulfide) groups is 1. The van der Waals surface area contributed by atoms with Gasteiger partial charge in [0.1, 0.15) is 12.4 Å². The SMILES string of the molecule is CSc1nc(N)nc(COc2ccccc2)n1. The highest BCUT2D eigenvalue weighted by molar-refractivity contribution is 7.98. The molecule has 1 aromatic carbocycles. The first-order chi connectivity index (χ1) is 8.28. The zero-order valence-electron chi connectivity index (χ0n) is 9.33. The monoisotopic (exact) mass is 248 g/mol. The Morgan fingerprint density at radius 3 is 2.65 bits per heavy atom. The molecule has 0 aliphatic heterocycles. The van der Waals surface area contributed by atoms with Crippen molar-refractivity contribution in [1.82, 2.24) is 15.0 Å². The molecule has 6 heteroatoms. The predicted octanol–water partition coefficient (Wildman–Crippen LogP) is 1.75. The van der Waals surface area contributed by atoms with Crippen LogP contribution >= 0.6 is 11.8 Å². The molecule has 0 atom stereocenters. The van der Waals surface area contributed by atoms with Gasteiger partial charge in [-0.1, -0.05) is 30.0 Å². The molecule has 2 N–H and O–H groups in total. The third kappa shape index (κ3) is 3.32. The third-order valence-electron chi connectivity index (χ3n) is 1.97. The average molecular weight is 248 g/mol. The van der Waals surface area contributed by atoms with Crippen LogP contribution < -0.4 is 10.5 Å². The van der Waals surface area contributed by atoms with Crippen LogP contribution in [0.25, 0.3) is 0 Å². The highest BCUT2D eigenvalue weighted by Gasteiger charge is 2.04. The third-order valence-corrected chi connectivity index (χ3v) is 2.52. The first kappa shape index (κ1) is 11.7. The molecule has 2 rings (SSSR count). The number of para-hydroxylation sites is 1. The first-order valence-electron chi connectivity index (χ1n) is 5.00. The zero-order chi connectivity index (χ0) is 12.1. The van der Waals surface area contributed by atoms with Gasteiger partial charge in [0.2, 0.25) is 5.95 Å². The minimum atomic E-state index is 0.219. The summed E-state index contributed by atoms with van der Waals surface area (Å²) in [5.41, 5.74) is 5.57. The van der Waals surface area contributed by atoms with Gasteiger partial charge in [0.25, 0.3) is 0 Å². The van der Waals surface area contributed by atoms with Crippen LogP contribution in [-0.4, -0.2) is 21.2 Å². The maximum absolute atomic E-state index is 5.57. The van der Waals surface area contributed by atoms with Gasteiger partial charge in [-0.25, -0.2) is 4.98 Å². The number of anilines is 1. The molecule has 0 aliphatic rings. The van der Waals surface area contributed by atoms with Crippen molar-refractivity contribution >= 4 is 17.7 Å². The molecular formula is C11H12N4OS. The Bertz CT molecular complexity index is 492. The highest BCUT2D eigenvalue weighted by atomic mass is 32.2. The molecule has 2 aromatic rings. The van der Waals surface area contributed by atoms with E-state index in [1.807, 2.05) is 36.6 Å². The number of nitrogens with two attached hydrogens (primary N) is 1. The highest BCUT2D eigenvalue weighted by Crippen LogP contribution is 2.12. The van der Waals surface area contributed by atoms with E-state index in [0.717, 1.165) is 5.75 Å². The minimum Gasteiger partial charge on any atom is -0.486 e. The molecule has 0 unspecified atom stereocenters. The van der Waals surface area contributed by atoms with Crippen molar-refractivity contribution in [2.24, 2.45) is 0 Å². The fraction of sp³-hybridized carbons (Fsp3) is 0.182. The second kappa shape index (κ2) is 5.49. The molecule has 0 bridgehead atoms. The van der Waals surface area contributed by atoms with Crippen LogP contribution in [0.3, 0.4) is 0 Å². The number of benzene rings is 1. The van der Waals surface area contributed by atoms with Crippen LogP contribution in [0, 0.1) is 0 Å². The van der Waals surface area contributed by atoms with Gasteiger partial charge in [-0.3, -0.25) is 0 Å². The van der Waals surface area contributed by atoms with Gasteiger partial charge in [0.15, 0.2) is 11.0 Å². The van der Waals surface area contributed by atoms with E-state index in [4.69, 9.17) is 10.5 Å². The Labute approximate surface area is 103 Å². The lowest BCUT2D eigenvalue weighted by Crippen LogP contribution is -2.07. The molecule has 0 saturated carbocycles. The zero-order valence-corrected chi connectivity index (χ0v) is 10.1. The van der Waals surface area contributed by atoms with Crippen molar-refractivity contribution in [3.05, 3.63) is 36.2 Å². The Hall–Kier alpha value is -1.82. The fourth-order valence-electron chi connectivity index (χ4n) is 1.24. The summed E-state index contributed by atoms with van der Waals surface area (Å²) in [6.45, 7) is 0.282. The fourth-order valence-corrected chi connectivity index (χ4v) is 1.62. The smallest absolute Gasteiger partial charge is 0.224 e. The quantitative estimate of drug-likeness (QED) is 0.831. The Morgan fingerprint density at radius 2 is 1.94 bits per heavy atom. The van der Waals surface area contributed by atoms with Crippen LogP contribution in [-0.2, 0) is 6.61 Å². The Kier molecular flexibility index (Phi) is 3.77. The molecule has 0 fully saturated rings. The van der Waals surface area contributed by atoms with Gasteiger partial charge >= 0.3 is 0 Å². The summed E-state index contributed by atoms with van der Waals surface area (Å²) in [7, 11) is 0. The van der Waals surface area contributed by atoms with Crippen LogP contribution in [0.15, 0.2) is 35.5 Å². The van der Waals surface area contributed by atoms with Gasteiger partial charge < -0.3 is 10.5 Å². The van der Waals surface area contributed by atoms with Crippen molar-refractivity contribution in [3.63, 3.8) is 0 Å². The van der Waals surface area contributed by atoms with Crippen LogP contribution in [0.5, 0.6) is 5.75 Å². The minimum absolute atomic E-state index is 0.219. The van der Waals surface area contributed by atoms with Crippen molar-refractivity contribution in [2.45, 2.75) is 11.8 Å². The van der Waals surface area contributed by atoms with E-state index < -0.39 is 0 Å². The lowest BCUT2D eigenvalue weighted by Gasteiger charge is -2.05. The number of aromatic nitrogens is 3. The van der Waals surface area contributed by atoms with E-state index >= 15 is 0 Å². The molecule has 1 heterocycles. The van der Waals surface area contributed by atoms with Gasteiger partial charge in [0, 0.05) is 0 Å². The first-order valence-corrected chi connectivity index (χ1v) is 6.22. The molecule has 17 heavy (non-hydrogen) atoms. The van der Waals surface area contributed by atoms with Gasteiger partial charge in [-0.15, -0.1) is 0 Å². The summed E-state index contributed by atoms with van der Waals surface area (Å²) >= 11 is 1.42. The van der Waals surface area contributed by atoms with Crippen LogP contribution in [0.1, 0.15) is 5.82 Å². The number of rotatable bonds is 4. The molecule has 0 saturated heterocycles. The Morgan fingerprint density at radius 1 is 1.18 bits per heavy atom. The molecular weight excluding hydrogens is 236 g/mol. The molecule has 0 amide bonds. The van der Waals surface area contributed by atoms with E-state index in [0.29, 0.717) is 11.0 Å². The second-order valence-corrected chi connectivity index (χ2v) is 3.97. The van der Waals surface area contributed by atoms with Gasteiger partial charge in [0.05, 0.1) is 0 Å². The topological polar surface area (TPSA) is 73.9 Å². The molecule has 1 aromatic heterocycles. The molecule has 88 valence electrons. The molecule has 0 spiro atoms. The average Bonchev–Trinajstić information content (AvgIpc) is 2.37. The molecule has 5 nitrogen and oxygen atoms in total. The Balaban J connectivity index is 2.06. The molecule has 0 aliphatic carbocycles. The van der Waals surface area contributed by atoms with Crippen molar-refractivity contribution < 1.29 is 4.74 Å².